The van der Waals surface area contributed by atoms with Gasteiger partial charge in [-0.05, 0) is 37.4 Å². The first-order valence-corrected chi connectivity index (χ1v) is 8.29. The average Bonchev–Trinajstić information content (AvgIpc) is 3.00. The molecular formula is C16H26N4O2. The molecule has 0 aromatic carbocycles. The van der Waals surface area contributed by atoms with E-state index in [1.54, 1.807) is 0 Å². The van der Waals surface area contributed by atoms with Crippen molar-refractivity contribution in [3.8, 4) is 0 Å². The van der Waals surface area contributed by atoms with Crippen molar-refractivity contribution >= 4 is 5.91 Å². The van der Waals surface area contributed by atoms with E-state index in [-0.39, 0.29) is 5.91 Å². The summed E-state index contributed by atoms with van der Waals surface area (Å²) in [5, 5.41) is 4.26. The Hall–Kier alpha value is -1.40. The van der Waals surface area contributed by atoms with Gasteiger partial charge < -0.3 is 14.5 Å². The van der Waals surface area contributed by atoms with E-state index in [4.69, 9.17) is 4.74 Å². The van der Waals surface area contributed by atoms with Crippen LogP contribution in [0.4, 0.5) is 0 Å². The normalized spacial score (nSPS) is 21.2. The summed E-state index contributed by atoms with van der Waals surface area (Å²) < 4.78 is 7.17. The standard InChI is InChI=1S/C16H26N4O2/c1-18-13-15(12-17-18)14-2-5-19(6-3-14)7-4-16(21)20-8-10-22-11-9-20/h12-14H,2-11H2,1H3. The Bertz CT molecular complexity index is 488. The summed E-state index contributed by atoms with van der Waals surface area (Å²) in [6.07, 6.45) is 7.08. The molecule has 0 N–H and O–H groups in total. The lowest BCUT2D eigenvalue weighted by atomic mass is 9.91. The van der Waals surface area contributed by atoms with Crippen molar-refractivity contribution in [1.29, 1.82) is 0 Å². The topological polar surface area (TPSA) is 50.6 Å². The van der Waals surface area contributed by atoms with E-state index in [2.05, 4.69) is 16.2 Å². The summed E-state index contributed by atoms with van der Waals surface area (Å²) in [6.45, 7) is 5.91. The van der Waals surface area contributed by atoms with Crippen LogP contribution in [-0.4, -0.2) is 71.4 Å². The van der Waals surface area contributed by atoms with Gasteiger partial charge >= 0.3 is 0 Å². The maximum Gasteiger partial charge on any atom is 0.224 e. The van der Waals surface area contributed by atoms with Crippen molar-refractivity contribution in [3.05, 3.63) is 18.0 Å². The SMILES string of the molecule is Cn1cc(C2CCN(CCC(=O)N3CCOCC3)CC2)cn1. The third-order valence-electron chi connectivity index (χ3n) is 4.79. The van der Waals surface area contributed by atoms with Gasteiger partial charge in [0.15, 0.2) is 0 Å². The molecule has 3 rings (SSSR count). The van der Waals surface area contributed by atoms with Crippen molar-refractivity contribution in [2.24, 2.45) is 7.05 Å². The monoisotopic (exact) mass is 306 g/mol. The van der Waals surface area contributed by atoms with E-state index in [1.807, 2.05) is 22.8 Å². The molecule has 3 heterocycles. The molecule has 2 aliphatic heterocycles. The molecule has 1 aromatic rings. The molecule has 6 nitrogen and oxygen atoms in total. The van der Waals surface area contributed by atoms with E-state index in [0.717, 1.165) is 45.6 Å². The van der Waals surface area contributed by atoms with Crippen molar-refractivity contribution in [2.45, 2.75) is 25.2 Å². The van der Waals surface area contributed by atoms with Gasteiger partial charge in [-0.25, -0.2) is 0 Å². The summed E-state index contributed by atoms with van der Waals surface area (Å²) in [6, 6.07) is 0. The summed E-state index contributed by atoms with van der Waals surface area (Å²) in [5.41, 5.74) is 1.35. The zero-order valence-electron chi connectivity index (χ0n) is 13.4. The largest absolute Gasteiger partial charge is 0.378 e. The zero-order valence-corrected chi connectivity index (χ0v) is 13.4. The van der Waals surface area contributed by atoms with Crippen LogP contribution >= 0.6 is 0 Å². The first-order chi connectivity index (χ1) is 10.7. The van der Waals surface area contributed by atoms with Gasteiger partial charge in [-0.15, -0.1) is 0 Å². The average molecular weight is 306 g/mol. The Morgan fingerprint density at radius 3 is 2.64 bits per heavy atom. The fourth-order valence-corrected chi connectivity index (χ4v) is 3.37. The van der Waals surface area contributed by atoms with E-state index in [1.165, 1.54) is 5.56 Å². The molecule has 0 atom stereocenters. The fraction of sp³-hybridized carbons (Fsp3) is 0.750. The Balaban J connectivity index is 1.39. The molecular weight excluding hydrogens is 280 g/mol. The van der Waals surface area contributed by atoms with Gasteiger partial charge in [0, 0.05) is 39.3 Å². The summed E-state index contributed by atoms with van der Waals surface area (Å²) >= 11 is 0. The number of morpholine rings is 1. The van der Waals surface area contributed by atoms with E-state index in [9.17, 15) is 4.79 Å². The molecule has 2 aliphatic rings. The number of aromatic nitrogens is 2. The van der Waals surface area contributed by atoms with Crippen molar-refractivity contribution in [3.63, 3.8) is 0 Å². The van der Waals surface area contributed by atoms with Gasteiger partial charge in [0.2, 0.25) is 5.91 Å². The number of carbonyl (C=O) groups excluding carboxylic acids is 1. The van der Waals surface area contributed by atoms with Crippen molar-refractivity contribution in [1.82, 2.24) is 19.6 Å². The van der Waals surface area contributed by atoms with Gasteiger partial charge in [0.25, 0.3) is 0 Å². The molecule has 122 valence electrons. The van der Waals surface area contributed by atoms with Crippen molar-refractivity contribution < 1.29 is 9.53 Å². The quantitative estimate of drug-likeness (QED) is 0.827. The summed E-state index contributed by atoms with van der Waals surface area (Å²) in [7, 11) is 1.97. The number of hydrogen-bond acceptors (Lipinski definition) is 4. The molecule has 0 saturated carbocycles. The first kappa shape index (κ1) is 15.5. The highest BCUT2D eigenvalue weighted by Crippen LogP contribution is 2.27. The maximum absolute atomic E-state index is 12.2. The number of rotatable bonds is 4. The second-order valence-electron chi connectivity index (χ2n) is 6.31. The number of piperidine rings is 1. The third kappa shape index (κ3) is 3.87. The highest BCUT2D eigenvalue weighted by Gasteiger charge is 2.23. The first-order valence-electron chi connectivity index (χ1n) is 8.29. The molecule has 0 unspecified atom stereocenters. The number of likely N-dealkylation sites (tertiary alicyclic amines) is 1. The predicted molar refractivity (Wildman–Crippen MR) is 83.6 cm³/mol. The van der Waals surface area contributed by atoms with Crippen LogP contribution in [0, 0.1) is 0 Å². The highest BCUT2D eigenvalue weighted by atomic mass is 16.5. The van der Waals surface area contributed by atoms with Crippen LogP contribution in [-0.2, 0) is 16.6 Å². The molecule has 2 fully saturated rings. The van der Waals surface area contributed by atoms with Gasteiger partial charge in [0.05, 0.1) is 19.4 Å². The predicted octanol–water partition coefficient (Wildman–Crippen LogP) is 0.848. The smallest absolute Gasteiger partial charge is 0.224 e. The minimum atomic E-state index is 0.276. The number of amides is 1. The molecule has 0 spiro atoms. The Labute approximate surface area is 132 Å². The van der Waals surface area contributed by atoms with E-state index in [0.29, 0.717) is 25.6 Å². The number of nitrogens with zero attached hydrogens (tertiary/aromatic N) is 4. The highest BCUT2D eigenvalue weighted by molar-refractivity contribution is 5.76. The molecule has 0 bridgehead atoms. The molecule has 2 saturated heterocycles. The molecule has 22 heavy (non-hydrogen) atoms. The van der Waals surface area contributed by atoms with E-state index >= 15 is 0 Å². The lowest BCUT2D eigenvalue weighted by molar-refractivity contribution is -0.135. The summed E-state index contributed by atoms with van der Waals surface area (Å²) in [5.74, 6) is 0.901. The second-order valence-corrected chi connectivity index (χ2v) is 6.31. The van der Waals surface area contributed by atoms with E-state index < -0.39 is 0 Å². The number of hydrogen-bond donors (Lipinski definition) is 0. The number of ether oxygens (including phenoxy) is 1. The number of aryl methyl sites for hydroxylation is 1. The molecule has 6 heteroatoms. The van der Waals surface area contributed by atoms with Crippen LogP contribution < -0.4 is 0 Å². The Morgan fingerprint density at radius 1 is 1.27 bits per heavy atom. The lowest BCUT2D eigenvalue weighted by Crippen LogP contribution is -2.42. The Morgan fingerprint density at radius 2 is 2.00 bits per heavy atom. The van der Waals surface area contributed by atoms with Crippen LogP contribution in [0.3, 0.4) is 0 Å². The van der Waals surface area contributed by atoms with Crippen LogP contribution in [0.15, 0.2) is 12.4 Å². The Kier molecular flexibility index (Phi) is 5.10. The minimum Gasteiger partial charge on any atom is -0.378 e. The van der Waals surface area contributed by atoms with Gasteiger partial charge in [-0.1, -0.05) is 0 Å². The van der Waals surface area contributed by atoms with Crippen LogP contribution in [0.25, 0.3) is 0 Å². The lowest BCUT2D eigenvalue weighted by Gasteiger charge is -2.32. The molecule has 1 aromatic heterocycles. The van der Waals surface area contributed by atoms with Gasteiger partial charge in [0.1, 0.15) is 0 Å². The maximum atomic E-state index is 12.2. The van der Waals surface area contributed by atoms with Crippen LogP contribution in [0.2, 0.25) is 0 Å². The molecule has 0 aliphatic carbocycles. The minimum absolute atomic E-state index is 0.276. The zero-order chi connectivity index (χ0) is 15.4. The third-order valence-corrected chi connectivity index (χ3v) is 4.79. The summed E-state index contributed by atoms with van der Waals surface area (Å²) in [4.78, 5) is 16.5. The van der Waals surface area contributed by atoms with Gasteiger partial charge in [-0.2, -0.15) is 5.10 Å². The second kappa shape index (κ2) is 7.24. The van der Waals surface area contributed by atoms with Crippen LogP contribution in [0.5, 0.6) is 0 Å². The van der Waals surface area contributed by atoms with Crippen LogP contribution in [0.1, 0.15) is 30.7 Å². The van der Waals surface area contributed by atoms with Crippen molar-refractivity contribution in [2.75, 3.05) is 45.9 Å². The number of carbonyl (C=O) groups is 1. The van der Waals surface area contributed by atoms with Gasteiger partial charge in [-0.3, -0.25) is 9.48 Å². The molecule has 0 radical (unpaired) electrons. The fourth-order valence-electron chi connectivity index (χ4n) is 3.37. The molecule has 1 amide bonds.